The van der Waals surface area contributed by atoms with Crippen molar-refractivity contribution in [2.45, 2.75) is 25.2 Å². The summed E-state index contributed by atoms with van der Waals surface area (Å²) < 4.78 is 16.4. The SMILES string of the molecule is O=C(OCCN1CCN(CC(=O)N2CCOCC2)CC1)c1ccc(OC(=O)C2CCCc3ccccc32)cc1. The number of benzene rings is 2. The summed E-state index contributed by atoms with van der Waals surface area (Å²) in [4.78, 5) is 44.1. The molecule has 2 heterocycles. The summed E-state index contributed by atoms with van der Waals surface area (Å²) in [5.74, 6) is -0.330. The minimum Gasteiger partial charge on any atom is -0.461 e. The highest BCUT2D eigenvalue weighted by Gasteiger charge is 2.28. The molecule has 9 heteroatoms. The molecule has 5 rings (SSSR count). The van der Waals surface area contributed by atoms with Crippen LogP contribution >= 0.6 is 0 Å². The van der Waals surface area contributed by atoms with E-state index in [9.17, 15) is 14.4 Å². The molecule has 0 bridgehead atoms. The molecule has 0 aromatic heterocycles. The Morgan fingerprint density at radius 2 is 1.59 bits per heavy atom. The van der Waals surface area contributed by atoms with Crippen LogP contribution in [0.4, 0.5) is 0 Å². The molecule has 39 heavy (non-hydrogen) atoms. The first-order valence-corrected chi connectivity index (χ1v) is 13.9. The number of aryl methyl sites for hydroxylation is 1. The molecule has 2 aromatic rings. The van der Waals surface area contributed by atoms with Crippen LogP contribution in [0.2, 0.25) is 0 Å². The van der Waals surface area contributed by atoms with Crippen molar-refractivity contribution in [3.8, 4) is 5.75 Å². The van der Waals surface area contributed by atoms with Gasteiger partial charge in [0.2, 0.25) is 5.91 Å². The highest BCUT2D eigenvalue weighted by molar-refractivity contribution is 5.89. The van der Waals surface area contributed by atoms with E-state index in [-0.39, 0.29) is 17.8 Å². The molecule has 0 spiro atoms. The first-order valence-electron chi connectivity index (χ1n) is 13.9. The number of hydrogen-bond acceptors (Lipinski definition) is 8. The van der Waals surface area contributed by atoms with Gasteiger partial charge in [0.25, 0.3) is 0 Å². The largest absolute Gasteiger partial charge is 0.461 e. The van der Waals surface area contributed by atoms with Gasteiger partial charge in [-0.25, -0.2) is 4.79 Å². The lowest BCUT2D eigenvalue weighted by molar-refractivity contribution is -0.137. The molecule has 2 fully saturated rings. The number of nitrogens with zero attached hydrogens (tertiary/aromatic N) is 3. The average Bonchev–Trinajstić information content (AvgIpc) is 2.98. The normalized spacial score (nSPS) is 20.2. The van der Waals surface area contributed by atoms with Crippen LogP contribution in [0.1, 0.15) is 40.2 Å². The van der Waals surface area contributed by atoms with Crippen molar-refractivity contribution in [3.63, 3.8) is 0 Å². The van der Waals surface area contributed by atoms with E-state index in [1.807, 2.05) is 23.1 Å². The van der Waals surface area contributed by atoms with Gasteiger partial charge in [-0.3, -0.25) is 19.4 Å². The van der Waals surface area contributed by atoms with Gasteiger partial charge in [-0.1, -0.05) is 24.3 Å². The molecule has 0 radical (unpaired) electrons. The summed E-state index contributed by atoms with van der Waals surface area (Å²) in [5.41, 5.74) is 2.69. The van der Waals surface area contributed by atoms with E-state index in [0.29, 0.717) is 57.3 Å². The van der Waals surface area contributed by atoms with Crippen LogP contribution in [0.3, 0.4) is 0 Å². The van der Waals surface area contributed by atoms with E-state index >= 15 is 0 Å². The molecule has 3 aliphatic rings. The van der Waals surface area contributed by atoms with Crippen molar-refractivity contribution >= 4 is 17.8 Å². The van der Waals surface area contributed by atoms with Crippen molar-refractivity contribution < 1.29 is 28.6 Å². The maximum atomic E-state index is 12.8. The number of morpholine rings is 1. The van der Waals surface area contributed by atoms with E-state index in [2.05, 4.69) is 15.9 Å². The summed E-state index contributed by atoms with van der Waals surface area (Å²) in [7, 11) is 0. The lowest BCUT2D eigenvalue weighted by atomic mass is 9.83. The lowest BCUT2D eigenvalue weighted by Crippen LogP contribution is -2.52. The van der Waals surface area contributed by atoms with Gasteiger partial charge in [0.1, 0.15) is 12.4 Å². The maximum Gasteiger partial charge on any atom is 0.338 e. The third-order valence-corrected chi connectivity index (χ3v) is 7.79. The smallest absolute Gasteiger partial charge is 0.338 e. The Labute approximate surface area is 229 Å². The number of carbonyl (C=O) groups excluding carboxylic acids is 3. The maximum absolute atomic E-state index is 12.8. The predicted molar refractivity (Wildman–Crippen MR) is 145 cm³/mol. The number of carbonyl (C=O) groups is 3. The van der Waals surface area contributed by atoms with Crippen molar-refractivity contribution in [2.24, 2.45) is 0 Å². The van der Waals surface area contributed by atoms with E-state index in [1.54, 1.807) is 24.3 Å². The first kappa shape index (κ1) is 27.3. The van der Waals surface area contributed by atoms with E-state index in [4.69, 9.17) is 14.2 Å². The Hall–Kier alpha value is -3.27. The summed E-state index contributed by atoms with van der Waals surface area (Å²) in [5, 5.41) is 0. The molecule has 1 atom stereocenters. The second-order valence-electron chi connectivity index (χ2n) is 10.3. The molecule has 0 N–H and O–H groups in total. The molecule has 9 nitrogen and oxygen atoms in total. The number of rotatable bonds is 8. The summed E-state index contributed by atoms with van der Waals surface area (Å²) in [6, 6.07) is 14.6. The van der Waals surface area contributed by atoms with Crippen molar-refractivity contribution in [1.82, 2.24) is 14.7 Å². The number of fused-ring (bicyclic) bond motifs is 1. The van der Waals surface area contributed by atoms with Gasteiger partial charge in [0.15, 0.2) is 0 Å². The third kappa shape index (κ3) is 7.23. The van der Waals surface area contributed by atoms with E-state index < -0.39 is 5.97 Å². The van der Waals surface area contributed by atoms with Crippen LogP contribution in [0, 0.1) is 0 Å². The van der Waals surface area contributed by atoms with Crippen LogP contribution in [0.25, 0.3) is 0 Å². The van der Waals surface area contributed by atoms with Crippen LogP contribution in [0.5, 0.6) is 5.75 Å². The van der Waals surface area contributed by atoms with Gasteiger partial charge in [-0.05, 0) is 54.7 Å². The molecular weight excluding hydrogens is 498 g/mol. The second-order valence-corrected chi connectivity index (χ2v) is 10.3. The number of ether oxygens (including phenoxy) is 3. The quantitative estimate of drug-likeness (QED) is 0.376. The second kappa shape index (κ2) is 13.2. The Morgan fingerprint density at radius 1 is 0.872 bits per heavy atom. The zero-order chi connectivity index (χ0) is 27.0. The van der Waals surface area contributed by atoms with Crippen molar-refractivity contribution in [1.29, 1.82) is 0 Å². The van der Waals surface area contributed by atoms with Gasteiger partial charge in [-0.2, -0.15) is 0 Å². The Kier molecular flexibility index (Phi) is 9.23. The minimum absolute atomic E-state index is 0.167. The molecule has 1 amide bonds. The highest BCUT2D eigenvalue weighted by atomic mass is 16.5. The van der Waals surface area contributed by atoms with Crippen LogP contribution in [-0.2, 0) is 25.5 Å². The minimum atomic E-state index is -0.399. The number of amides is 1. The molecular formula is C30H37N3O6. The van der Waals surface area contributed by atoms with Gasteiger partial charge in [0.05, 0.1) is 31.2 Å². The van der Waals surface area contributed by atoms with Crippen molar-refractivity contribution in [2.75, 3.05) is 72.2 Å². The van der Waals surface area contributed by atoms with Gasteiger partial charge in [-0.15, -0.1) is 0 Å². The predicted octanol–water partition coefficient (Wildman–Crippen LogP) is 2.35. The molecule has 1 unspecified atom stereocenters. The van der Waals surface area contributed by atoms with E-state index in [0.717, 1.165) is 51.0 Å². The van der Waals surface area contributed by atoms with Crippen LogP contribution in [-0.4, -0.2) is 105 Å². The number of hydrogen-bond donors (Lipinski definition) is 0. The zero-order valence-electron chi connectivity index (χ0n) is 22.4. The fraction of sp³-hybridized carbons (Fsp3) is 0.500. The molecule has 2 saturated heterocycles. The molecule has 2 aliphatic heterocycles. The Bertz CT molecular complexity index is 1140. The first-order chi connectivity index (χ1) is 19.1. The average molecular weight is 536 g/mol. The molecule has 208 valence electrons. The van der Waals surface area contributed by atoms with Gasteiger partial charge >= 0.3 is 11.9 Å². The van der Waals surface area contributed by atoms with E-state index in [1.165, 1.54) is 5.56 Å². The van der Waals surface area contributed by atoms with Crippen LogP contribution < -0.4 is 4.74 Å². The molecule has 1 aliphatic carbocycles. The van der Waals surface area contributed by atoms with Gasteiger partial charge in [0, 0.05) is 45.8 Å². The summed E-state index contributed by atoms with van der Waals surface area (Å²) >= 11 is 0. The van der Waals surface area contributed by atoms with Crippen LogP contribution in [0.15, 0.2) is 48.5 Å². The number of esters is 2. The zero-order valence-corrected chi connectivity index (χ0v) is 22.4. The highest BCUT2D eigenvalue weighted by Crippen LogP contribution is 2.32. The fourth-order valence-electron chi connectivity index (χ4n) is 5.47. The van der Waals surface area contributed by atoms with Crippen molar-refractivity contribution in [3.05, 3.63) is 65.2 Å². The monoisotopic (exact) mass is 535 g/mol. The standard InChI is InChI=1S/C30H37N3O6/c34-28(33-17-19-37-20-18-33)22-32-14-12-31(13-15-32)16-21-38-29(35)24-8-10-25(11-9-24)39-30(36)27-7-3-5-23-4-1-2-6-26(23)27/h1-2,4,6,8-11,27H,3,5,7,12-22H2. The summed E-state index contributed by atoms with van der Waals surface area (Å²) in [6.07, 6.45) is 2.73. The topological polar surface area (TPSA) is 88.6 Å². The number of piperazine rings is 1. The Morgan fingerprint density at radius 3 is 2.36 bits per heavy atom. The molecule has 2 aromatic carbocycles. The molecule has 0 saturated carbocycles. The third-order valence-electron chi connectivity index (χ3n) is 7.79. The summed E-state index contributed by atoms with van der Waals surface area (Å²) in [6.45, 7) is 7.27. The fourth-order valence-corrected chi connectivity index (χ4v) is 5.47. The van der Waals surface area contributed by atoms with Gasteiger partial charge < -0.3 is 19.1 Å². The lowest BCUT2D eigenvalue weighted by Gasteiger charge is -2.35. The Balaban J connectivity index is 1.01.